The lowest BCUT2D eigenvalue weighted by atomic mass is 10.1. The van der Waals surface area contributed by atoms with E-state index in [2.05, 4.69) is 9.97 Å². The van der Waals surface area contributed by atoms with Crippen molar-refractivity contribution in [3.8, 4) is 22.9 Å². The van der Waals surface area contributed by atoms with Gasteiger partial charge in [0.15, 0.2) is 11.2 Å². The number of nitrogens with zero attached hydrogens (tertiary/aromatic N) is 2. The highest BCUT2D eigenvalue weighted by Crippen LogP contribution is 2.33. The fourth-order valence-corrected chi connectivity index (χ4v) is 5.11. The molecule has 0 saturated carbocycles. The van der Waals surface area contributed by atoms with Crippen LogP contribution in [0.1, 0.15) is 11.1 Å². The summed E-state index contributed by atoms with van der Waals surface area (Å²) in [4.78, 5) is 7.79. The van der Waals surface area contributed by atoms with Crippen LogP contribution in [-0.2, 0) is 20.2 Å². The number of rotatable bonds is 4. The maximum atomic E-state index is 11.7. The van der Waals surface area contributed by atoms with Crippen molar-refractivity contribution in [2.45, 2.75) is 23.6 Å². The number of oxazole rings is 2. The summed E-state index contributed by atoms with van der Waals surface area (Å²) in [6.45, 7) is 3.33. The predicted octanol–water partition coefficient (Wildman–Crippen LogP) is 4.41. The number of aromatic nitrogens is 2. The Bertz CT molecular complexity index is 1680. The van der Waals surface area contributed by atoms with Crippen LogP contribution in [0.15, 0.2) is 67.2 Å². The summed E-state index contributed by atoms with van der Waals surface area (Å²) in [6, 6.07) is 12.4. The Labute approximate surface area is 193 Å². The zero-order valence-electron chi connectivity index (χ0n) is 17.7. The molecule has 2 N–H and O–H groups in total. The summed E-state index contributed by atoms with van der Waals surface area (Å²) in [5.74, 6) is 0.276. The zero-order chi connectivity index (χ0) is 24.4. The third-order valence-electron chi connectivity index (χ3n) is 5.14. The molecule has 0 aliphatic rings. The van der Waals surface area contributed by atoms with Gasteiger partial charge >= 0.3 is 0 Å². The van der Waals surface area contributed by atoms with Gasteiger partial charge in [0.2, 0.25) is 11.8 Å². The molecule has 0 aliphatic carbocycles. The average molecular weight is 501 g/mol. The van der Waals surface area contributed by atoms with Crippen molar-refractivity contribution in [2.75, 3.05) is 0 Å². The monoisotopic (exact) mass is 500 g/mol. The van der Waals surface area contributed by atoms with E-state index in [9.17, 15) is 25.9 Å². The highest BCUT2D eigenvalue weighted by molar-refractivity contribution is 7.86. The molecule has 12 heteroatoms. The Morgan fingerprint density at radius 2 is 1.00 bits per heavy atom. The van der Waals surface area contributed by atoms with Crippen LogP contribution in [0.3, 0.4) is 0 Å². The number of hydrogen-bond acceptors (Lipinski definition) is 8. The van der Waals surface area contributed by atoms with Gasteiger partial charge in [-0.05, 0) is 73.5 Å². The minimum absolute atomic E-state index is 0.0132. The quantitative estimate of drug-likeness (QED) is 0.338. The second kappa shape index (κ2) is 7.46. The van der Waals surface area contributed by atoms with E-state index in [1.165, 1.54) is 12.1 Å². The van der Waals surface area contributed by atoms with E-state index in [-0.39, 0.29) is 43.8 Å². The lowest BCUT2D eigenvalue weighted by Gasteiger charge is -1.98. The Morgan fingerprint density at radius 1 is 0.647 bits per heavy atom. The minimum Gasteiger partial charge on any atom is -0.436 e. The molecule has 0 aliphatic heterocycles. The van der Waals surface area contributed by atoms with Gasteiger partial charge < -0.3 is 8.83 Å². The first-order chi connectivity index (χ1) is 15.9. The molecule has 2 heterocycles. The van der Waals surface area contributed by atoms with Crippen molar-refractivity contribution in [2.24, 2.45) is 0 Å². The summed E-state index contributed by atoms with van der Waals surface area (Å²) < 4.78 is 77.4. The standard InChI is InChI=1S/C22H16N2O8S2/c1-11-7-15-19(17(9-11)33(25,26)27)23-21(31-15)13-3-5-14(6-4-13)22-24-20-16(32-22)8-12(2)10-18(20)34(28,29)30/h3-10H,1-2H3,(H,25,26,27)(H,28,29,30). The maximum absolute atomic E-state index is 11.7. The lowest BCUT2D eigenvalue weighted by molar-refractivity contribution is 0.481. The van der Waals surface area contributed by atoms with Crippen LogP contribution >= 0.6 is 0 Å². The molecule has 10 nitrogen and oxygen atoms in total. The van der Waals surface area contributed by atoms with E-state index in [1.807, 2.05) is 0 Å². The minimum atomic E-state index is -4.50. The average Bonchev–Trinajstić information content (AvgIpc) is 3.35. The van der Waals surface area contributed by atoms with Crippen LogP contribution in [0.25, 0.3) is 45.1 Å². The largest absolute Gasteiger partial charge is 0.436 e. The summed E-state index contributed by atoms with van der Waals surface area (Å²) in [5.41, 5.74) is 2.63. The van der Waals surface area contributed by atoms with Gasteiger partial charge in [0.25, 0.3) is 20.2 Å². The summed E-state index contributed by atoms with van der Waals surface area (Å²) in [6.07, 6.45) is 0. The van der Waals surface area contributed by atoms with E-state index < -0.39 is 20.2 Å². The SMILES string of the molecule is Cc1cc(S(=O)(=O)O)c2nc(-c3ccc(-c4nc5c(S(=O)(=O)O)cc(C)cc5o4)cc3)oc2c1. The van der Waals surface area contributed by atoms with Gasteiger partial charge in [-0.1, -0.05) is 0 Å². The molecule has 0 unspecified atom stereocenters. The van der Waals surface area contributed by atoms with Gasteiger partial charge in [0, 0.05) is 11.1 Å². The first-order valence-electron chi connectivity index (χ1n) is 9.78. The third-order valence-corrected chi connectivity index (χ3v) is 6.88. The van der Waals surface area contributed by atoms with Crippen molar-refractivity contribution >= 4 is 42.4 Å². The Kier molecular flexibility index (Phi) is 4.88. The summed E-state index contributed by atoms with van der Waals surface area (Å²) >= 11 is 0. The molecule has 0 saturated heterocycles. The van der Waals surface area contributed by atoms with Crippen molar-refractivity contribution in [3.63, 3.8) is 0 Å². The van der Waals surface area contributed by atoms with Crippen LogP contribution in [0.4, 0.5) is 0 Å². The molecule has 0 radical (unpaired) electrons. The molecule has 0 fully saturated rings. The molecule has 0 spiro atoms. The molecule has 0 atom stereocenters. The zero-order valence-corrected chi connectivity index (χ0v) is 19.3. The normalized spacial score (nSPS) is 12.6. The molecule has 0 bridgehead atoms. The molecular formula is C22H16N2O8S2. The number of aryl methyl sites for hydroxylation is 2. The number of hydrogen-bond donors (Lipinski definition) is 2. The predicted molar refractivity (Wildman–Crippen MR) is 122 cm³/mol. The van der Waals surface area contributed by atoms with E-state index in [4.69, 9.17) is 8.83 Å². The molecule has 5 rings (SSSR count). The number of benzene rings is 3. The fourth-order valence-electron chi connectivity index (χ4n) is 3.66. The topological polar surface area (TPSA) is 161 Å². The fraction of sp³-hybridized carbons (Fsp3) is 0.0909. The Balaban J connectivity index is 1.57. The summed E-state index contributed by atoms with van der Waals surface area (Å²) in [7, 11) is -8.99. The second-order valence-corrected chi connectivity index (χ2v) is 10.6. The summed E-state index contributed by atoms with van der Waals surface area (Å²) in [5, 5.41) is 0. The van der Waals surface area contributed by atoms with E-state index >= 15 is 0 Å². The van der Waals surface area contributed by atoms with Crippen molar-refractivity contribution in [3.05, 3.63) is 59.7 Å². The first-order valence-corrected chi connectivity index (χ1v) is 12.7. The molecule has 174 valence electrons. The highest BCUT2D eigenvalue weighted by atomic mass is 32.2. The van der Waals surface area contributed by atoms with Crippen LogP contribution in [0.5, 0.6) is 0 Å². The number of fused-ring (bicyclic) bond motifs is 2. The molecular weight excluding hydrogens is 484 g/mol. The second-order valence-electron chi connectivity index (χ2n) is 7.79. The Hall–Kier alpha value is -3.58. The molecule has 3 aromatic carbocycles. The van der Waals surface area contributed by atoms with E-state index in [1.54, 1.807) is 50.2 Å². The van der Waals surface area contributed by atoms with Gasteiger partial charge in [-0.3, -0.25) is 9.11 Å². The van der Waals surface area contributed by atoms with Crippen LogP contribution in [0, 0.1) is 13.8 Å². The smallest absolute Gasteiger partial charge is 0.296 e. The first kappa shape index (κ1) is 22.2. The third kappa shape index (κ3) is 3.86. The van der Waals surface area contributed by atoms with Crippen molar-refractivity contribution in [1.29, 1.82) is 0 Å². The lowest BCUT2D eigenvalue weighted by Crippen LogP contribution is -1.99. The molecule has 5 aromatic rings. The van der Waals surface area contributed by atoms with Gasteiger partial charge in [-0.15, -0.1) is 0 Å². The van der Waals surface area contributed by atoms with Crippen LogP contribution in [-0.4, -0.2) is 35.9 Å². The van der Waals surface area contributed by atoms with Gasteiger partial charge in [-0.25, -0.2) is 9.97 Å². The Morgan fingerprint density at radius 3 is 1.32 bits per heavy atom. The highest BCUT2D eigenvalue weighted by Gasteiger charge is 2.22. The molecule has 34 heavy (non-hydrogen) atoms. The van der Waals surface area contributed by atoms with E-state index in [0.717, 1.165) is 0 Å². The van der Waals surface area contributed by atoms with Crippen molar-refractivity contribution < 1.29 is 34.8 Å². The van der Waals surface area contributed by atoms with E-state index in [0.29, 0.717) is 22.3 Å². The molecule has 0 amide bonds. The van der Waals surface area contributed by atoms with Crippen LogP contribution in [0.2, 0.25) is 0 Å². The van der Waals surface area contributed by atoms with Crippen molar-refractivity contribution in [1.82, 2.24) is 9.97 Å². The van der Waals surface area contributed by atoms with Gasteiger partial charge in [-0.2, -0.15) is 16.8 Å². The maximum Gasteiger partial charge on any atom is 0.296 e. The van der Waals surface area contributed by atoms with Gasteiger partial charge in [0.05, 0.1) is 0 Å². The van der Waals surface area contributed by atoms with Crippen LogP contribution < -0.4 is 0 Å². The molecule has 2 aromatic heterocycles. The van der Waals surface area contributed by atoms with Gasteiger partial charge in [0.1, 0.15) is 20.8 Å².